The summed E-state index contributed by atoms with van der Waals surface area (Å²) in [5.74, 6) is -1.94. The van der Waals surface area contributed by atoms with Gasteiger partial charge in [0.1, 0.15) is 90.2 Å². The second kappa shape index (κ2) is 15.6. The zero-order valence-electron chi connectivity index (χ0n) is 27.8. The van der Waals surface area contributed by atoms with Gasteiger partial charge in [-0.15, -0.1) is 0 Å². The lowest BCUT2D eigenvalue weighted by Crippen LogP contribution is -2.61. The molecule has 3 fully saturated rings. The van der Waals surface area contributed by atoms with Crippen molar-refractivity contribution < 1.29 is 99.5 Å². The summed E-state index contributed by atoms with van der Waals surface area (Å²) in [6.07, 6.45) is -24.0. The summed E-state index contributed by atoms with van der Waals surface area (Å²) in [4.78, 5) is 0. The van der Waals surface area contributed by atoms with Crippen LogP contribution in [0.5, 0.6) is 28.7 Å². The van der Waals surface area contributed by atoms with Crippen molar-refractivity contribution >= 4 is 6.08 Å². The van der Waals surface area contributed by atoms with Gasteiger partial charge in [-0.1, -0.05) is 6.07 Å². The predicted molar refractivity (Wildman–Crippen MR) is 170 cm³/mol. The van der Waals surface area contributed by atoms with Gasteiger partial charge in [-0.25, -0.2) is 0 Å². The van der Waals surface area contributed by atoms with Crippen molar-refractivity contribution in [3.63, 3.8) is 0 Å². The van der Waals surface area contributed by atoms with Crippen molar-refractivity contribution in [3.05, 3.63) is 47.2 Å². The van der Waals surface area contributed by atoms with Gasteiger partial charge < -0.3 is 99.5 Å². The van der Waals surface area contributed by atoms with Crippen LogP contribution in [-0.4, -0.2) is 172 Å². The molecule has 16 atom stereocenters. The third-order valence-corrected chi connectivity index (χ3v) is 9.44. The van der Waals surface area contributed by atoms with Crippen LogP contribution in [0, 0.1) is 0 Å². The van der Waals surface area contributed by atoms with Gasteiger partial charge in [0.25, 0.3) is 0 Å². The quantitative estimate of drug-likeness (QED) is 0.109. The Labute approximate surface area is 300 Å². The van der Waals surface area contributed by atoms with Gasteiger partial charge in [0.15, 0.2) is 23.9 Å². The lowest BCUT2D eigenvalue weighted by molar-refractivity contribution is -0.324. The normalized spacial score (nSPS) is 40.1. The van der Waals surface area contributed by atoms with Crippen LogP contribution in [0.4, 0.5) is 0 Å². The Kier molecular flexibility index (Phi) is 11.5. The number of phenols is 3. The minimum absolute atomic E-state index is 0.0236. The van der Waals surface area contributed by atoms with Gasteiger partial charge in [-0.05, 0) is 25.1 Å². The standard InChI is InChI=1S/C33H42O20/c1-10-21(38)24(41)27(44)31(48-10)47-9-20-23(40)26(43)29(46)33(53-20)51-18-7-13-15(36)5-12(49-32-28(45)25(42)22(39)19(8-34)52-32)6-17(13)50-30(18)11-2-3-14(35)16(37)4-11/h2-7,10,19-46H,8-9H2,1H3/t10-,19+,20+,21-,22-,23-,24+,25+,26+,27+,28+,29+,30?,31-,32-,33-/m0/s1. The van der Waals surface area contributed by atoms with E-state index in [1.54, 1.807) is 0 Å². The van der Waals surface area contributed by atoms with E-state index in [1.807, 2.05) is 0 Å². The molecular weight excluding hydrogens is 716 g/mol. The van der Waals surface area contributed by atoms with Crippen molar-refractivity contribution in [2.45, 2.75) is 105 Å². The first-order valence-corrected chi connectivity index (χ1v) is 16.5. The van der Waals surface area contributed by atoms with E-state index in [0.717, 1.165) is 18.2 Å². The number of aromatic hydroxyl groups is 3. The van der Waals surface area contributed by atoms with Crippen LogP contribution in [0.3, 0.4) is 0 Å². The Hall–Kier alpha value is -3.58. The van der Waals surface area contributed by atoms with Crippen molar-refractivity contribution in [1.82, 2.24) is 0 Å². The molecule has 0 saturated carbocycles. The molecule has 1 unspecified atom stereocenters. The zero-order valence-corrected chi connectivity index (χ0v) is 27.8. The molecule has 0 amide bonds. The topological polar surface area (TPSA) is 328 Å². The highest BCUT2D eigenvalue weighted by Gasteiger charge is 2.49. The number of ether oxygens (including phenoxy) is 7. The second-order valence-corrected chi connectivity index (χ2v) is 13.1. The summed E-state index contributed by atoms with van der Waals surface area (Å²) in [6.45, 7) is 0.141. The molecule has 3 saturated heterocycles. The molecule has 4 heterocycles. The van der Waals surface area contributed by atoms with Gasteiger partial charge in [-0.2, -0.15) is 0 Å². The summed E-state index contributed by atoms with van der Waals surface area (Å²) < 4.78 is 39.8. The largest absolute Gasteiger partial charge is 0.507 e. The minimum atomic E-state index is -1.89. The lowest BCUT2D eigenvalue weighted by Gasteiger charge is -2.43. The number of hydrogen-bond acceptors (Lipinski definition) is 20. The predicted octanol–water partition coefficient (Wildman–Crippen LogP) is -3.87. The van der Waals surface area contributed by atoms with Crippen LogP contribution in [-0.2, 0) is 23.7 Å². The Morgan fingerprint density at radius 2 is 1.21 bits per heavy atom. The Balaban J connectivity index is 1.26. The molecule has 0 spiro atoms. The molecular formula is C33H42O20. The Bertz CT molecular complexity index is 1620. The lowest BCUT2D eigenvalue weighted by atomic mass is 9.98. The van der Waals surface area contributed by atoms with Crippen LogP contribution < -0.4 is 9.47 Å². The number of benzene rings is 2. The van der Waals surface area contributed by atoms with Crippen LogP contribution in [0.2, 0.25) is 0 Å². The SMILES string of the molecule is C[C@@H]1O[C@H](OC[C@H]2O[C@H](OC3=Cc4c(O)cc(O[C@H]5O[C@H](CO)[C@H](O)[C@@H](O)[C@H]5O)cc4OC3c3ccc(O)c(O)c3)[C@H](O)[C@H](O)[C@H]2O)[C@H](O)[C@H](O)[C@H]1O. The van der Waals surface area contributed by atoms with Crippen molar-refractivity contribution in [3.8, 4) is 28.7 Å². The highest BCUT2D eigenvalue weighted by Crippen LogP contribution is 2.46. The summed E-state index contributed by atoms with van der Waals surface area (Å²) in [5, 5.41) is 134. The maximum absolute atomic E-state index is 11.0. The zero-order chi connectivity index (χ0) is 38.5. The molecule has 0 aromatic heterocycles. The molecule has 0 bridgehead atoms. The van der Waals surface area contributed by atoms with Crippen molar-refractivity contribution in [1.29, 1.82) is 0 Å². The van der Waals surface area contributed by atoms with Crippen LogP contribution in [0.1, 0.15) is 24.2 Å². The molecule has 2 aromatic carbocycles. The fourth-order valence-corrected chi connectivity index (χ4v) is 6.26. The molecule has 0 aliphatic carbocycles. The van der Waals surface area contributed by atoms with E-state index in [9.17, 15) is 66.4 Å². The van der Waals surface area contributed by atoms with Crippen LogP contribution in [0.15, 0.2) is 36.1 Å². The molecule has 294 valence electrons. The maximum atomic E-state index is 11.0. The average Bonchev–Trinajstić information content (AvgIpc) is 3.13. The number of rotatable bonds is 9. The van der Waals surface area contributed by atoms with Crippen LogP contribution in [0.25, 0.3) is 6.08 Å². The molecule has 53 heavy (non-hydrogen) atoms. The number of phenolic OH excluding ortho intramolecular Hbond substituents is 3. The molecule has 0 radical (unpaired) electrons. The number of aliphatic hydroxyl groups is 10. The molecule has 6 rings (SSSR count). The first-order chi connectivity index (χ1) is 25.1. The number of aliphatic hydroxyl groups excluding tert-OH is 10. The fourth-order valence-electron chi connectivity index (χ4n) is 6.26. The van der Waals surface area contributed by atoms with E-state index < -0.39 is 129 Å². The Morgan fingerprint density at radius 1 is 0.604 bits per heavy atom. The van der Waals surface area contributed by atoms with Crippen molar-refractivity contribution in [2.24, 2.45) is 0 Å². The van der Waals surface area contributed by atoms with Crippen LogP contribution >= 0.6 is 0 Å². The van der Waals surface area contributed by atoms with Crippen molar-refractivity contribution in [2.75, 3.05) is 13.2 Å². The van der Waals surface area contributed by atoms with E-state index >= 15 is 0 Å². The van der Waals surface area contributed by atoms with Gasteiger partial charge in [-0.3, -0.25) is 0 Å². The smallest absolute Gasteiger partial charge is 0.229 e. The molecule has 4 aliphatic rings. The molecule has 4 aliphatic heterocycles. The summed E-state index contributed by atoms with van der Waals surface area (Å²) in [5.41, 5.74) is 0.130. The van der Waals surface area contributed by atoms with Gasteiger partial charge in [0.05, 0.1) is 24.9 Å². The molecule has 20 nitrogen and oxygen atoms in total. The first kappa shape index (κ1) is 39.1. The van der Waals surface area contributed by atoms with E-state index in [4.69, 9.17) is 33.2 Å². The fraction of sp³-hybridized carbons (Fsp3) is 0.576. The Morgan fingerprint density at radius 3 is 1.87 bits per heavy atom. The first-order valence-electron chi connectivity index (χ1n) is 16.5. The minimum Gasteiger partial charge on any atom is -0.507 e. The van der Waals surface area contributed by atoms with E-state index in [0.29, 0.717) is 0 Å². The molecule has 13 N–H and O–H groups in total. The van der Waals surface area contributed by atoms with Gasteiger partial charge in [0.2, 0.25) is 12.6 Å². The third kappa shape index (κ3) is 7.70. The van der Waals surface area contributed by atoms with E-state index in [2.05, 4.69) is 0 Å². The molecule has 2 aromatic rings. The van der Waals surface area contributed by atoms with E-state index in [-0.39, 0.29) is 28.4 Å². The summed E-state index contributed by atoms with van der Waals surface area (Å²) in [7, 11) is 0. The maximum Gasteiger partial charge on any atom is 0.229 e. The summed E-state index contributed by atoms with van der Waals surface area (Å²) in [6, 6.07) is 5.98. The average molecular weight is 759 g/mol. The third-order valence-electron chi connectivity index (χ3n) is 9.44. The van der Waals surface area contributed by atoms with E-state index in [1.165, 1.54) is 25.1 Å². The second-order valence-electron chi connectivity index (χ2n) is 13.1. The van der Waals surface area contributed by atoms with Gasteiger partial charge >= 0.3 is 0 Å². The highest BCUT2D eigenvalue weighted by atomic mass is 16.7. The monoisotopic (exact) mass is 758 g/mol. The number of hydrogen-bond donors (Lipinski definition) is 13. The summed E-state index contributed by atoms with van der Waals surface area (Å²) >= 11 is 0. The van der Waals surface area contributed by atoms with Gasteiger partial charge in [0, 0.05) is 17.7 Å². The number of fused-ring (bicyclic) bond motifs is 1. The highest BCUT2D eigenvalue weighted by molar-refractivity contribution is 5.70. The molecule has 20 heteroatoms.